The van der Waals surface area contributed by atoms with Crippen molar-refractivity contribution in [3.63, 3.8) is 0 Å². The lowest BCUT2D eigenvalue weighted by Gasteiger charge is -2.24. The number of rotatable bonds is 4. The van der Waals surface area contributed by atoms with Crippen LogP contribution in [0.3, 0.4) is 0 Å². The van der Waals surface area contributed by atoms with Gasteiger partial charge in [-0.2, -0.15) is 0 Å². The first-order valence-electron chi connectivity index (χ1n) is 6.32. The van der Waals surface area contributed by atoms with E-state index in [0.717, 1.165) is 30.0 Å². The lowest BCUT2D eigenvalue weighted by molar-refractivity contribution is -0.126. The van der Waals surface area contributed by atoms with Gasteiger partial charge in [-0.15, -0.1) is 0 Å². The second-order valence-electron chi connectivity index (χ2n) is 4.48. The minimum atomic E-state index is -0.101. The van der Waals surface area contributed by atoms with Crippen LogP contribution in [0.4, 0.5) is 0 Å². The summed E-state index contributed by atoms with van der Waals surface area (Å²) in [4.78, 5) is 11.9. The van der Waals surface area contributed by atoms with Crippen molar-refractivity contribution in [2.45, 2.75) is 19.8 Å². The second kappa shape index (κ2) is 5.76. The minimum Gasteiger partial charge on any atom is -0.497 e. The van der Waals surface area contributed by atoms with E-state index in [9.17, 15) is 4.79 Å². The lowest BCUT2D eigenvalue weighted by Crippen LogP contribution is -2.37. The Bertz CT molecular complexity index is 431. The van der Waals surface area contributed by atoms with Crippen molar-refractivity contribution in [2.75, 3.05) is 20.3 Å². The fourth-order valence-corrected chi connectivity index (χ4v) is 2.06. The Morgan fingerprint density at radius 2 is 2.39 bits per heavy atom. The van der Waals surface area contributed by atoms with Crippen molar-refractivity contribution in [2.24, 2.45) is 5.92 Å². The van der Waals surface area contributed by atoms with Gasteiger partial charge in [0.05, 0.1) is 13.0 Å². The van der Waals surface area contributed by atoms with E-state index >= 15 is 0 Å². The number of benzene rings is 1. The Kier molecular flexibility index (Phi) is 4.07. The van der Waals surface area contributed by atoms with Crippen molar-refractivity contribution in [3.05, 3.63) is 23.8 Å². The fraction of sp³-hybridized carbons (Fsp3) is 0.500. The number of methoxy groups -OCH3 is 1. The predicted octanol–water partition coefficient (Wildman–Crippen LogP) is 1.77. The van der Waals surface area contributed by atoms with E-state index in [-0.39, 0.29) is 11.8 Å². The third kappa shape index (κ3) is 2.75. The van der Waals surface area contributed by atoms with Crippen LogP contribution >= 0.6 is 0 Å². The molecule has 1 amide bonds. The summed E-state index contributed by atoms with van der Waals surface area (Å²) in [6, 6.07) is 5.71. The monoisotopic (exact) mass is 249 g/mol. The summed E-state index contributed by atoms with van der Waals surface area (Å²) in [6.07, 6.45) is 1.66. The molecule has 2 rings (SSSR count). The molecule has 1 N–H and O–H groups in total. The Labute approximate surface area is 107 Å². The van der Waals surface area contributed by atoms with Crippen LogP contribution in [0, 0.1) is 5.92 Å². The number of fused-ring (bicyclic) bond motifs is 1. The minimum absolute atomic E-state index is 0.0744. The van der Waals surface area contributed by atoms with E-state index < -0.39 is 0 Å². The largest absolute Gasteiger partial charge is 0.497 e. The third-order valence-corrected chi connectivity index (χ3v) is 3.09. The number of nitrogens with one attached hydrogen (secondary N) is 1. The van der Waals surface area contributed by atoms with Gasteiger partial charge in [0, 0.05) is 6.54 Å². The van der Waals surface area contributed by atoms with E-state index in [1.165, 1.54) is 0 Å². The molecule has 0 unspecified atom stereocenters. The molecule has 0 aliphatic carbocycles. The topological polar surface area (TPSA) is 47.6 Å². The first-order chi connectivity index (χ1) is 8.74. The Morgan fingerprint density at radius 3 is 3.11 bits per heavy atom. The van der Waals surface area contributed by atoms with Crippen LogP contribution in [0.5, 0.6) is 11.5 Å². The molecule has 1 aliphatic heterocycles. The van der Waals surface area contributed by atoms with Crippen molar-refractivity contribution < 1.29 is 14.3 Å². The number of ether oxygens (including phenoxy) is 2. The summed E-state index contributed by atoms with van der Waals surface area (Å²) in [7, 11) is 1.64. The fourth-order valence-electron chi connectivity index (χ4n) is 2.06. The molecule has 4 heteroatoms. The predicted molar refractivity (Wildman–Crippen MR) is 69.0 cm³/mol. The molecule has 0 bridgehead atoms. The summed E-state index contributed by atoms with van der Waals surface area (Å²) < 4.78 is 10.8. The average molecular weight is 249 g/mol. The third-order valence-electron chi connectivity index (χ3n) is 3.09. The highest BCUT2D eigenvalue weighted by Crippen LogP contribution is 2.30. The molecule has 1 atom stereocenters. The molecule has 1 aliphatic rings. The molecule has 0 saturated heterocycles. The van der Waals surface area contributed by atoms with Gasteiger partial charge in [-0.05, 0) is 36.6 Å². The summed E-state index contributed by atoms with van der Waals surface area (Å²) in [5.74, 6) is 1.63. The number of hydrogen-bond acceptors (Lipinski definition) is 3. The molecule has 98 valence electrons. The van der Waals surface area contributed by atoms with Crippen molar-refractivity contribution in [1.82, 2.24) is 5.32 Å². The molecular formula is C14H19NO3. The van der Waals surface area contributed by atoms with Crippen LogP contribution in [0.2, 0.25) is 0 Å². The van der Waals surface area contributed by atoms with Crippen molar-refractivity contribution in [3.8, 4) is 11.5 Å². The molecule has 1 aromatic carbocycles. The van der Waals surface area contributed by atoms with Gasteiger partial charge < -0.3 is 14.8 Å². The van der Waals surface area contributed by atoms with Gasteiger partial charge in [-0.3, -0.25) is 4.79 Å². The van der Waals surface area contributed by atoms with Crippen LogP contribution in [0.25, 0.3) is 0 Å². The Hall–Kier alpha value is -1.71. The van der Waals surface area contributed by atoms with E-state index in [0.29, 0.717) is 13.0 Å². The zero-order chi connectivity index (χ0) is 13.0. The van der Waals surface area contributed by atoms with E-state index in [1.807, 2.05) is 25.1 Å². The molecule has 4 nitrogen and oxygen atoms in total. The normalized spacial score (nSPS) is 17.6. The highest BCUT2D eigenvalue weighted by atomic mass is 16.5. The quantitative estimate of drug-likeness (QED) is 0.884. The highest BCUT2D eigenvalue weighted by molar-refractivity contribution is 5.79. The molecule has 0 radical (unpaired) electrons. The van der Waals surface area contributed by atoms with Gasteiger partial charge in [-0.25, -0.2) is 0 Å². The van der Waals surface area contributed by atoms with Gasteiger partial charge in [-0.1, -0.05) is 6.92 Å². The van der Waals surface area contributed by atoms with Crippen LogP contribution in [0.1, 0.15) is 18.9 Å². The summed E-state index contributed by atoms with van der Waals surface area (Å²) in [5.41, 5.74) is 1.04. The zero-order valence-corrected chi connectivity index (χ0v) is 10.9. The smallest absolute Gasteiger partial charge is 0.226 e. The Balaban J connectivity index is 2.06. The molecule has 0 aromatic heterocycles. The van der Waals surface area contributed by atoms with Crippen molar-refractivity contribution in [1.29, 1.82) is 0 Å². The maximum absolute atomic E-state index is 11.9. The van der Waals surface area contributed by atoms with Crippen LogP contribution in [0.15, 0.2) is 18.2 Å². The van der Waals surface area contributed by atoms with Gasteiger partial charge in [0.2, 0.25) is 5.91 Å². The zero-order valence-electron chi connectivity index (χ0n) is 10.9. The van der Waals surface area contributed by atoms with Gasteiger partial charge in [0.25, 0.3) is 0 Å². The van der Waals surface area contributed by atoms with Crippen LogP contribution in [-0.4, -0.2) is 26.2 Å². The molecule has 1 aromatic rings. The van der Waals surface area contributed by atoms with Crippen LogP contribution in [-0.2, 0) is 11.2 Å². The number of hydrogen-bond donors (Lipinski definition) is 1. The number of amides is 1. The van der Waals surface area contributed by atoms with E-state index in [2.05, 4.69) is 5.32 Å². The average Bonchev–Trinajstić information content (AvgIpc) is 2.43. The molecule has 0 spiro atoms. The van der Waals surface area contributed by atoms with Gasteiger partial charge in [0.15, 0.2) is 0 Å². The molecule has 0 saturated carbocycles. The van der Waals surface area contributed by atoms with Crippen LogP contribution < -0.4 is 14.8 Å². The first kappa shape index (κ1) is 12.7. The van der Waals surface area contributed by atoms with Gasteiger partial charge >= 0.3 is 0 Å². The summed E-state index contributed by atoms with van der Waals surface area (Å²) in [6.45, 7) is 3.22. The second-order valence-corrected chi connectivity index (χ2v) is 4.48. The number of carbonyl (C=O) groups is 1. The SMILES string of the molecule is CCCNC(=O)[C@H]1COc2ccc(OC)cc2C1. The standard InChI is InChI=1S/C14H19NO3/c1-3-6-15-14(16)11-7-10-8-12(17-2)4-5-13(10)18-9-11/h4-5,8,11H,3,6-7,9H2,1-2H3,(H,15,16)/t11-/m1/s1. The van der Waals surface area contributed by atoms with E-state index in [4.69, 9.17) is 9.47 Å². The van der Waals surface area contributed by atoms with Crippen molar-refractivity contribution >= 4 is 5.91 Å². The van der Waals surface area contributed by atoms with Gasteiger partial charge in [0.1, 0.15) is 18.1 Å². The summed E-state index contributed by atoms with van der Waals surface area (Å²) in [5, 5.41) is 2.91. The highest BCUT2D eigenvalue weighted by Gasteiger charge is 2.25. The first-order valence-corrected chi connectivity index (χ1v) is 6.32. The van der Waals surface area contributed by atoms with E-state index in [1.54, 1.807) is 7.11 Å². The molecule has 18 heavy (non-hydrogen) atoms. The molecule has 1 heterocycles. The number of carbonyl (C=O) groups excluding carboxylic acids is 1. The Morgan fingerprint density at radius 1 is 1.56 bits per heavy atom. The molecular weight excluding hydrogens is 230 g/mol. The maximum Gasteiger partial charge on any atom is 0.226 e. The lowest BCUT2D eigenvalue weighted by atomic mass is 9.96. The molecule has 0 fully saturated rings. The summed E-state index contributed by atoms with van der Waals surface area (Å²) >= 11 is 0. The maximum atomic E-state index is 11.9.